The Balaban J connectivity index is 1.84. The first-order valence-electron chi connectivity index (χ1n) is 6.63. The lowest BCUT2D eigenvalue weighted by molar-refractivity contribution is 0.235. The Bertz CT molecular complexity index is 439. The Morgan fingerprint density at radius 1 is 1.53 bits per heavy atom. The smallest absolute Gasteiger partial charge is 0.126 e. The van der Waals surface area contributed by atoms with Crippen molar-refractivity contribution < 1.29 is 4.39 Å². The van der Waals surface area contributed by atoms with E-state index in [1.165, 1.54) is 6.07 Å². The Morgan fingerprint density at radius 3 is 3.05 bits per heavy atom. The van der Waals surface area contributed by atoms with Crippen molar-refractivity contribution in [2.24, 2.45) is 0 Å². The first kappa shape index (κ1) is 14.7. The number of nitrogens with one attached hydrogen (secondary N) is 2. The first-order chi connectivity index (χ1) is 9.06. The van der Waals surface area contributed by atoms with Crippen LogP contribution in [0.25, 0.3) is 0 Å². The van der Waals surface area contributed by atoms with Crippen LogP contribution in [0.1, 0.15) is 11.1 Å². The largest absolute Gasteiger partial charge is 0.311 e. The number of piperazine rings is 1. The fraction of sp³-hybridized carbons (Fsp3) is 0.571. The van der Waals surface area contributed by atoms with Gasteiger partial charge in [0, 0.05) is 43.8 Å². The number of hydrogen-bond donors (Lipinski definition) is 2. The molecule has 5 heteroatoms. The van der Waals surface area contributed by atoms with Gasteiger partial charge >= 0.3 is 0 Å². The average Bonchev–Trinajstić information content (AvgIpc) is 2.35. The number of aryl methyl sites for hydroxylation is 1. The Morgan fingerprint density at radius 2 is 2.32 bits per heavy atom. The van der Waals surface area contributed by atoms with E-state index in [0.29, 0.717) is 23.2 Å². The summed E-state index contributed by atoms with van der Waals surface area (Å²) in [5.74, 6) is -0.197. The van der Waals surface area contributed by atoms with Crippen molar-refractivity contribution >= 4 is 11.6 Å². The maximum atomic E-state index is 13.5. The number of nitrogens with zero attached hydrogens (tertiary/aromatic N) is 1. The van der Waals surface area contributed by atoms with Crippen molar-refractivity contribution in [1.29, 1.82) is 0 Å². The van der Waals surface area contributed by atoms with Gasteiger partial charge in [0.2, 0.25) is 0 Å². The summed E-state index contributed by atoms with van der Waals surface area (Å²) < 4.78 is 13.5. The molecule has 3 nitrogen and oxygen atoms in total. The average molecular weight is 286 g/mol. The summed E-state index contributed by atoms with van der Waals surface area (Å²) in [6, 6.07) is 3.64. The van der Waals surface area contributed by atoms with Crippen LogP contribution in [0.4, 0.5) is 4.39 Å². The van der Waals surface area contributed by atoms with Gasteiger partial charge in [0.25, 0.3) is 0 Å². The van der Waals surface area contributed by atoms with Gasteiger partial charge in [0.15, 0.2) is 0 Å². The minimum atomic E-state index is -0.197. The Labute approximate surface area is 119 Å². The zero-order valence-corrected chi connectivity index (χ0v) is 12.2. The highest BCUT2D eigenvalue weighted by Crippen LogP contribution is 2.20. The molecule has 19 heavy (non-hydrogen) atoms. The molecule has 1 saturated heterocycles. The van der Waals surface area contributed by atoms with Crippen LogP contribution in [0.15, 0.2) is 12.1 Å². The molecule has 1 atom stereocenters. The highest BCUT2D eigenvalue weighted by atomic mass is 35.5. The molecule has 1 unspecified atom stereocenters. The minimum absolute atomic E-state index is 0.197. The molecule has 1 aromatic rings. The number of rotatable bonds is 4. The second-order valence-electron chi connectivity index (χ2n) is 5.24. The van der Waals surface area contributed by atoms with Crippen LogP contribution in [-0.2, 0) is 6.54 Å². The second kappa shape index (κ2) is 6.66. The first-order valence-corrected chi connectivity index (χ1v) is 7.01. The molecule has 1 heterocycles. The monoisotopic (exact) mass is 285 g/mol. The van der Waals surface area contributed by atoms with Crippen molar-refractivity contribution in [2.75, 3.05) is 33.2 Å². The van der Waals surface area contributed by atoms with Crippen molar-refractivity contribution in [3.05, 3.63) is 34.1 Å². The topological polar surface area (TPSA) is 27.3 Å². The van der Waals surface area contributed by atoms with Crippen molar-refractivity contribution in [1.82, 2.24) is 15.5 Å². The lowest BCUT2D eigenvalue weighted by Crippen LogP contribution is -2.52. The van der Waals surface area contributed by atoms with Crippen molar-refractivity contribution in [2.45, 2.75) is 19.5 Å². The van der Waals surface area contributed by atoms with Gasteiger partial charge < -0.3 is 15.5 Å². The maximum absolute atomic E-state index is 13.5. The van der Waals surface area contributed by atoms with E-state index in [9.17, 15) is 4.39 Å². The van der Waals surface area contributed by atoms with E-state index in [2.05, 4.69) is 22.6 Å². The SMILES string of the molecule is Cc1cc(Cl)c(CNCC2CN(C)CCN2)cc1F. The second-order valence-corrected chi connectivity index (χ2v) is 5.64. The zero-order chi connectivity index (χ0) is 13.8. The predicted molar refractivity (Wildman–Crippen MR) is 77.1 cm³/mol. The molecule has 0 aromatic heterocycles. The van der Waals surface area contributed by atoms with Crippen molar-refractivity contribution in [3.8, 4) is 0 Å². The van der Waals surface area contributed by atoms with E-state index in [4.69, 9.17) is 11.6 Å². The fourth-order valence-electron chi connectivity index (χ4n) is 2.33. The normalized spacial score (nSPS) is 20.7. The van der Waals surface area contributed by atoms with Crippen LogP contribution < -0.4 is 10.6 Å². The molecular formula is C14H21ClFN3. The van der Waals surface area contributed by atoms with Crippen LogP contribution in [0.5, 0.6) is 0 Å². The molecule has 106 valence electrons. The van der Waals surface area contributed by atoms with E-state index in [1.54, 1.807) is 13.0 Å². The van der Waals surface area contributed by atoms with Gasteiger partial charge in [-0.05, 0) is 37.2 Å². The summed E-state index contributed by atoms with van der Waals surface area (Å²) in [7, 11) is 2.13. The number of hydrogen-bond acceptors (Lipinski definition) is 3. The molecule has 2 N–H and O–H groups in total. The van der Waals surface area contributed by atoms with E-state index in [-0.39, 0.29) is 5.82 Å². The predicted octanol–water partition coefficient (Wildman–Crippen LogP) is 1.78. The highest BCUT2D eigenvalue weighted by molar-refractivity contribution is 6.31. The van der Waals surface area contributed by atoms with Crippen molar-refractivity contribution in [3.63, 3.8) is 0 Å². The third kappa shape index (κ3) is 4.14. The highest BCUT2D eigenvalue weighted by Gasteiger charge is 2.15. The third-order valence-corrected chi connectivity index (χ3v) is 3.84. The Hall–Kier alpha value is -0.680. The summed E-state index contributed by atoms with van der Waals surface area (Å²) >= 11 is 6.12. The van der Waals surface area contributed by atoms with Gasteiger partial charge in [0.1, 0.15) is 5.82 Å². The van der Waals surface area contributed by atoms with Crippen LogP contribution in [0, 0.1) is 12.7 Å². The molecule has 0 bridgehead atoms. The van der Waals surface area contributed by atoms with Gasteiger partial charge in [-0.25, -0.2) is 4.39 Å². The maximum Gasteiger partial charge on any atom is 0.126 e. The van der Waals surface area contributed by atoms with Gasteiger partial charge in [-0.15, -0.1) is 0 Å². The number of benzene rings is 1. The van der Waals surface area contributed by atoms with Gasteiger partial charge in [0.05, 0.1) is 0 Å². The van der Waals surface area contributed by atoms with E-state index in [0.717, 1.165) is 31.7 Å². The zero-order valence-electron chi connectivity index (χ0n) is 11.5. The molecule has 1 aliphatic heterocycles. The van der Waals surface area contributed by atoms with Gasteiger partial charge in [-0.3, -0.25) is 0 Å². The molecule has 2 rings (SSSR count). The van der Waals surface area contributed by atoms with E-state index >= 15 is 0 Å². The lowest BCUT2D eigenvalue weighted by Gasteiger charge is -2.31. The van der Waals surface area contributed by atoms with Gasteiger partial charge in [-0.1, -0.05) is 11.6 Å². The van der Waals surface area contributed by atoms with Crippen LogP contribution in [0.3, 0.4) is 0 Å². The molecule has 1 fully saturated rings. The molecule has 0 saturated carbocycles. The lowest BCUT2D eigenvalue weighted by atomic mass is 10.1. The molecule has 1 aromatic carbocycles. The molecule has 1 aliphatic rings. The summed E-state index contributed by atoms with van der Waals surface area (Å²) in [4.78, 5) is 2.31. The standard InChI is InChI=1S/C14H21ClFN3/c1-10-5-13(15)11(6-14(10)16)7-17-8-12-9-19(2)4-3-18-12/h5-6,12,17-18H,3-4,7-9H2,1-2H3. The third-order valence-electron chi connectivity index (χ3n) is 3.49. The van der Waals surface area contributed by atoms with E-state index < -0.39 is 0 Å². The molecule has 0 spiro atoms. The quantitative estimate of drug-likeness (QED) is 0.883. The number of likely N-dealkylation sites (N-methyl/N-ethyl adjacent to an activating group) is 1. The molecule has 0 amide bonds. The minimum Gasteiger partial charge on any atom is -0.311 e. The van der Waals surface area contributed by atoms with Crippen LogP contribution in [0.2, 0.25) is 5.02 Å². The van der Waals surface area contributed by atoms with Crippen LogP contribution >= 0.6 is 11.6 Å². The molecule has 0 radical (unpaired) electrons. The summed E-state index contributed by atoms with van der Waals surface area (Å²) in [5, 5.41) is 7.42. The van der Waals surface area contributed by atoms with E-state index in [1.807, 2.05) is 0 Å². The summed E-state index contributed by atoms with van der Waals surface area (Å²) in [5.41, 5.74) is 1.40. The summed E-state index contributed by atoms with van der Waals surface area (Å²) in [6.07, 6.45) is 0. The number of halogens is 2. The molecular weight excluding hydrogens is 265 g/mol. The van der Waals surface area contributed by atoms with Crippen LogP contribution in [-0.4, -0.2) is 44.2 Å². The molecule has 0 aliphatic carbocycles. The fourth-order valence-corrected chi connectivity index (χ4v) is 2.62. The Kier molecular flexibility index (Phi) is 5.16. The van der Waals surface area contributed by atoms with Gasteiger partial charge in [-0.2, -0.15) is 0 Å². The summed E-state index contributed by atoms with van der Waals surface area (Å²) in [6.45, 7) is 6.31.